The number of amides is 3. The SMILES string of the molecule is CCOC(=O)c1ccc(N2C(=O)C3C4CC(C3C2=O)C2C4Sc3[nH]c(=O)sc3[C@@H]2c2ccc(OCC(=O)N3CCOCC3)c(OC)c2)cc1. The van der Waals surface area contributed by atoms with Gasteiger partial charge in [0.15, 0.2) is 18.1 Å². The smallest absolute Gasteiger partial charge is 0.338 e. The Morgan fingerprint density at radius 2 is 1.71 bits per heavy atom. The standard InChI is InChI=1S/C35H35N3O9S2/c1-3-46-34(42)17-4-7-19(8-5-17)38-32(40)27-20-15-21(28(27)33(38)41)29-26(20)25(30-31(48-29)36-35(43)49-30)18-6-9-22(23(14-18)44-2)47-16-24(39)37-10-12-45-13-11-37/h4-9,14,20-21,25-29H,3,10-13,15-16H2,1-2H3,(H,36,43)/t20?,21?,25-,26?,27?,28?,29?/m1/s1. The third-order valence-corrected chi connectivity index (χ3v) is 13.2. The van der Waals surface area contributed by atoms with Crippen LogP contribution in [0.3, 0.4) is 0 Å². The van der Waals surface area contributed by atoms with Gasteiger partial charge in [0.2, 0.25) is 11.8 Å². The molecule has 2 aliphatic carbocycles. The van der Waals surface area contributed by atoms with Crippen LogP contribution in [0.2, 0.25) is 0 Å². The number of aromatic nitrogens is 1. The first kappa shape index (κ1) is 32.1. The lowest BCUT2D eigenvalue weighted by molar-refractivity contribution is -0.137. The van der Waals surface area contributed by atoms with E-state index in [1.807, 2.05) is 12.1 Å². The van der Waals surface area contributed by atoms with Gasteiger partial charge in [0.25, 0.3) is 5.91 Å². The fourth-order valence-electron chi connectivity index (χ4n) is 8.65. The molecule has 0 radical (unpaired) electrons. The fraction of sp³-hybridized carbons (Fsp3) is 0.457. The average Bonchev–Trinajstić information content (AvgIpc) is 3.86. The summed E-state index contributed by atoms with van der Waals surface area (Å²) in [4.78, 5) is 72.6. The van der Waals surface area contributed by atoms with Crippen molar-refractivity contribution in [3.63, 3.8) is 0 Å². The summed E-state index contributed by atoms with van der Waals surface area (Å²) in [6.07, 6.45) is 0.752. The Bertz CT molecular complexity index is 1880. The second-order valence-electron chi connectivity index (χ2n) is 12.9. The summed E-state index contributed by atoms with van der Waals surface area (Å²) in [6, 6.07) is 12.1. The van der Waals surface area contributed by atoms with E-state index in [1.54, 1.807) is 61.0 Å². The Morgan fingerprint density at radius 1 is 0.980 bits per heavy atom. The minimum atomic E-state index is -0.473. The van der Waals surface area contributed by atoms with Crippen LogP contribution in [0.25, 0.3) is 0 Å². The summed E-state index contributed by atoms with van der Waals surface area (Å²) < 4.78 is 22.1. The molecule has 256 valence electrons. The molecule has 4 heterocycles. The number of methoxy groups -OCH3 is 1. The molecule has 1 aromatic heterocycles. The number of imide groups is 1. The zero-order valence-corrected chi connectivity index (χ0v) is 28.6. The molecule has 2 saturated heterocycles. The number of rotatable bonds is 8. The Hall–Kier alpha value is -4.14. The van der Waals surface area contributed by atoms with E-state index in [2.05, 4.69) is 4.98 Å². The predicted molar refractivity (Wildman–Crippen MR) is 179 cm³/mol. The minimum Gasteiger partial charge on any atom is -0.493 e. The molecule has 3 aromatic rings. The number of H-pyrrole nitrogens is 1. The number of aromatic amines is 1. The van der Waals surface area contributed by atoms with Crippen LogP contribution >= 0.6 is 23.1 Å². The number of thioether (sulfide) groups is 1. The van der Waals surface area contributed by atoms with Gasteiger partial charge in [0, 0.05) is 29.1 Å². The minimum absolute atomic E-state index is 0.00235. The zero-order valence-electron chi connectivity index (χ0n) is 26.9. The van der Waals surface area contributed by atoms with Gasteiger partial charge in [0.1, 0.15) is 0 Å². The summed E-state index contributed by atoms with van der Waals surface area (Å²) in [6.45, 7) is 3.92. The molecular formula is C35H35N3O9S2. The molecule has 3 aliphatic heterocycles. The van der Waals surface area contributed by atoms with Crippen molar-refractivity contribution in [1.29, 1.82) is 0 Å². The molecule has 2 bridgehead atoms. The molecule has 5 aliphatic rings. The van der Waals surface area contributed by atoms with E-state index in [9.17, 15) is 24.0 Å². The summed E-state index contributed by atoms with van der Waals surface area (Å²) in [5, 5.41) is 0.828. The number of hydrogen-bond donors (Lipinski definition) is 1. The van der Waals surface area contributed by atoms with Crippen LogP contribution in [0.5, 0.6) is 11.5 Å². The monoisotopic (exact) mass is 705 g/mol. The second-order valence-corrected chi connectivity index (χ2v) is 15.1. The number of anilines is 1. The van der Waals surface area contributed by atoms with E-state index in [4.69, 9.17) is 18.9 Å². The molecule has 2 saturated carbocycles. The van der Waals surface area contributed by atoms with Crippen LogP contribution in [-0.2, 0) is 23.9 Å². The maximum absolute atomic E-state index is 14.1. The maximum atomic E-state index is 14.1. The molecule has 8 rings (SSSR count). The highest BCUT2D eigenvalue weighted by Gasteiger charge is 2.69. The number of carbonyl (C=O) groups is 4. The summed E-state index contributed by atoms with van der Waals surface area (Å²) in [5.74, 6) is -1.35. The largest absolute Gasteiger partial charge is 0.493 e. The van der Waals surface area contributed by atoms with Crippen molar-refractivity contribution in [3.05, 3.63) is 68.1 Å². The molecule has 14 heteroatoms. The molecule has 1 N–H and O–H groups in total. The van der Waals surface area contributed by atoms with Crippen molar-refractivity contribution in [2.45, 2.75) is 29.5 Å². The van der Waals surface area contributed by atoms with Gasteiger partial charge in [-0.2, -0.15) is 0 Å². The highest BCUT2D eigenvalue weighted by atomic mass is 32.2. The van der Waals surface area contributed by atoms with Crippen molar-refractivity contribution in [2.75, 3.05) is 51.5 Å². The van der Waals surface area contributed by atoms with Crippen LogP contribution in [0.15, 0.2) is 52.3 Å². The third-order valence-electron chi connectivity index (χ3n) is 10.6. The van der Waals surface area contributed by atoms with Gasteiger partial charge in [-0.25, -0.2) is 4.79 Å². The van der Waals surface area contributed by atoms with Crippen molar-refractivity contribution >= 4 is 52.5 Å². The molecule has 4 fully saturated rings. The topological polar surface area (TPSA) is 145 Å². The lowest BCUT2D eigenvalue weighted by Crippen LogP contribution is -2.43. The Labute approximate surface area is 290 Å². The van der Waals surface area contributed by atoms with Crippen LogP contribution in [-0.4, -0.2) is 85.5 Å². The predicted octanol–water partition coefficient (Wildman–Crippen LogP) is 3.54. The lowest BCUT2D eigenvalue weighted by atomic mass is 9.68. The van der Waals surface area contributed by atoms with Crippen LogP contribution in [0.1, 0.15) is 40.1 Å². The number of hydrogen-bond acceptors (Lipinski definition) is 11. The highest BCUT2D eigenvalue weighted by molar-refractivity contribution is 8.00. The molecule has 7 atom stereocenters. The van der Waals surface area contributed by atoms with Crippen LogP contribution < -0.4 is 19.2 Å². The highest BCUT2D eigenvalue weighted by Crippen LogP contribution is 2.68. The molecular weight excluding hydrogens is 671 g/mol. The van der Waals surface area contributed by atoms with E-state index in [-0.39, 0.29) is 64.7 Å². The van der Waals surface area contributed by atoms with E-state index >= 15 is 0 Å². The van der Waals surface area contributed by atoms with Crippen LogP contribution in [0.4, 0.5) is 5.69 Å². The number of nitrogens with zero attached hydrogens (tertiary/aromatic N) is 2. The van der Waals surface area contributed by atoms with E-state index < -0.39 is 17.8 Å². The zero-order chi connectivity index (χ0) is 34.0. The van der Waals surface area contributed by atoms with Gasteiger partial charge in [-0.3, -0.25) is 24.1 Å². The van der Waals surface area contributed by atoms with Crippen molar-refractivity contribution in [2.24, 2.45) is 29.6 Å². The van der Waals surface area contributed by atoms with Crippen LogP contribution in [0, 0.1) is 29.6 Å². The number of fused-ring (bicyclic) bond motifs is 9. The Balaban J connectivity index is 1.08. The second kappa shape index (κ2) is 12.6. The van der Waals surface area contributed by atoms with Gasteiger partial charge < -0.3 is 28.8 Å². The number of carbonyl (C=O) groups excluding carboxylic acids is 4. The normalized spacial score (nSPS) is 28.2. The van der Waals surface area contributed by atoms with Gasteiger partial charge in [-0.15, -0.1) is 11.8 Å². The van der Waals surface area contributed by atoms with Crippen molar-refractivity contribution in [1.82, 2.24) is 9.88 Å². The summed E-state index contributed by atoms with van der Waals surface area (Å²) >= 11 is 2.80. The first-order chi connectivity index (χ1) is 23.8. The molecule has 0 spiro atoms. The Kier molecular flexibility index (Phi) is 8.27. The van der Waals surface area contributed by atoms with Gasteiger partial charge in [-0.1, -0.05) is 17.4 Å². The molecule has 2 aromatic carbocycles. The maximum Gasteiger partial charge on any atom is 0.338 e. The van der Waals surface area contributed by atoms with Gasteiger partial charge in [0.05, 0.1) is 55.0 Å². The Morgan fingerprint density at radius 3 is 2.43 bits per heavy atom. The van der Waals surface area contributed by atoms with E-state index in [1.165, 1.54) is 16.2 Å². The first-order valence-corrected chi connectivity index (χ1v) is 18.2. The lowest BCUT2D eigenvalue weighted by Gasteiger charge is -2.43. The number of nitrogens with one attached hydrogen (secondary N) is 1. The summed E-state index contributed by atoms with van der Waals surface area (Å²) in [7, 11) is 1.55. The number of ether oxygens (including phenoxy) is 4. The number of benzene rings is 2. The van der Waals surface area contributed by atoms with E-state index in [0.717, 1.165) is 21.9 Å². The van der Waals surface area contributed by atoms with Gasteiger partial charge in [-0.05, 0) is 73.1 Å². The van der Waals surface area contributed by atoms with Crippen molar-refractivity contribution < 1.29 is 38.1 Å². The molecule has 12 nitrogen and oxygen atoms in total. The number of thiazole rings is 1. The van der Waals surface area contributed by atoms with Gasteiger partial charge >= 0.3 is 10.8 Å². The van der Waals surface area contributed by atoms with Crippen molar-refractivity contribution in [3.8, 4) is 11.5 Å². The third kappa shape index (κ3) is 5.26. The molecule has 6 unspecified atom stereocenters. The quantitative estimate of drug-likeness (QED) is 0.273. The fourth-order valence-corrected chi connectivity index (χ4v) is 11.5. The van der Waals surface area contributed by atoms with E-state index in [0.29, 0.717) is 49.1 Å². The first-order valence-electron chi connectivity index (χ1n) is 16.5. The number of morpholine rings is 1. The average molecular weight is 706 g/mol. The summed E-state index contributed by atoms with van der Waals surface area (Å²) in [5.41, 5.74) is 1.72. The molecule has 3 amide bonds. The molecule has 49 heavy (non-hydrogen) atoms. The number of esters is 1.